The Labute approximate surface area is 67.0 Å². The summed E-state index contributed by atoms with van der Waals surface area (Å²) >= 11 is 0. The smallest absolute Gasteiger partial charge is 0.143 e. The average molecular weight is 154 g/mol. The summed E-state index contributed by atoms with van der Waals surface area (Å²) in [6.07, 6.45) is 3.82. The molecule has 0 N–H and O–H groups in total. The van der Waals surface area contributed by atoms with Crippen LogP contribution < -0.4 is 0 Å². The summed E-state index contributed by atoms with van der Waals surface area (Å²) in [6, 6.07) is 0. The van der Waals surface area contributed by atoms with Gasteiger partial charge in [0.1, 0.15) is 11.6 Å². The second kappa shape index (κ2) is 3.65. The molecule has 1 fully saturated rings. The zero-order chi connectivity index (χ0) is 8.27. The summed E-state index contributed by atoms with van der Waals surface area (Å²) in [4.78, 5) is 21.9. The number of carbonyl (C=O) groups excluding carboxylic acids is 2. The van der Waals surface area contributed by atoms with Gasteiger partial charge in [0.15, 0.2) is 0 Å². The van der Waals surface area contributed by atoms with Crippen molar-refractivity contribution in [2.75, 3.05) is 0 Å². The fraction of sp³-hybridized carbons (Fsp3) is 0.778. The molecule has 0 radical (unpaired) electrons. The van der Waals surface area contributed by atoms with Gasteiger partial charge in [-0.05, 0) is 6.42 Å². The van der Waals surface area contributed by atoms with E-state index in [4.69, 9.17) is 0 Å². The van der Waals surface area contributed by atoms with E-state index in [2.05, 4.69) is 6.92 Å². The molecule has 0 amide bonds. The normalized spacial score (nSPS) is 24.6. The number of Topliss-reactive ketones (excluding diaryl/α,β-unsaturated/α-hetero) is 2. The van der Waals surface area contributed by atoms with Crippen LogP contribution >= 0.6 is 0 Å². The highest BCUT2D eigenvalue weighted by Crippen LogP contribution is 2.23. The molecule has 0 aromatic rings. The first kappa shape index (κ1) is 8.44. The number of ketones is 2. The fourth-order valence-electron chi connectivity index (χ4n) is 1.51. The van der Waals surface area contributed by atoms with Gasteiger partial charge in [0.25, 0.3) is 0 Å². The van der Waals surface area contributed by atoms with Crippen molar-refractivity contribution < 1.29 is 9.59 Å². The lowest BCUT2D eigenvalue weighted by Crippen LogP contribution is -2.05. The summed E-state index contributed by atoms with van der Waals surface area (Å²) < 4.78 is 0. The first-order valence-corrected chi connectivity index (χ1v) is 4.28. The third kappa shape index (κ3) is 2.14. The van der Waals surface area contributed by atoms with Crippen molar-refractivity contribution in [1.82, 2.24) is 0 Å². The molecule has 1 unspecified atom stereocenters. The van der Waals surface area contributed by atoms with Crippen molar-refractivity contribution in [3.05, 3.63) is 0 Å². The minimum absolute atomic E-state index is 0.0717. The third-order valence-electron chi connectivity index (χ3n) is 2.21. The Hall–Kier alpha value is -0.660. The van der Waals surface area contributed by atoms with Crippen LogP contribution in [0.5, 0.6) is 0 Å². The van der Waals surface area contributed by atoms with Crippen molar-refractivity contribution >= 4 is 11.6 Å². The van der Waals surface area contributed by atoms with Gasteiger partial charge in [0.05, 0.1) is 6.42 Å². The van der Waals surface area contributed by atoms with E-state index in [9.17, 15) is 9.59 Å². The molecule has 0 bridgehead atoms. The maximum Gasteiger partial charge on any atom is 0.143 e. The lowest BCUT2D eigenvalue weighted by atomic mass is 10.0. The van der Waals surface area contributed by atoms with Gasteiger partial charge in [-0.3, -0.25) is 9.59 Å². The van der Waals surface area contributed by atoms with Gasteiger partial charge in [-0.2, -0.15) is 0 Å². The number of unbranched alkanes of at least 4 members (excludes halogenated alkanes) is 1. The molecule has 0 saturated heterocycles. The first-order valence-electron chi connectivity index (χ1n) is 4.28. The summed E-state index contributed by atoms with van der Waals surface area (Å²) in [5.41, 5.74) is 0. The predicted molar refractivity (Wildman–Crippen MR) is 42.3 cm³/mol. The van der Waals surface area contributed by atoms with E-state index in [1.165, 1.54) is 0 Å². The van der Waals surface area contributed by atoms with Gasteiger partial charge in [-0.15, -0.1) is 0 Å². The van der Waals surface area contributed by atoms with Gasteiger partial charge in [-0.25, -0.2) is 0 Å². The van der Waals surface area contributed by atoms with Gasteiger partial charge >= 0.3 is 0 Å². The molecule has 0 spiro atoms. The van der Waals surface area contributed by atoms with Crippen LogP contribution in [0.4, 0.5) is 0 Å². The van der Waals surface area contributed by atoms with E-state index < -0.39 is 0 Å². The molecule has 0 aromatic carbocycles. The fourth-order valence-corrected chi connectivity index (χ4v) is 1.51. The van der Waals surface area contributed by atoms with Crippen molar-refractivity contribution in [2.45, 2.75) is 39.0 Å². The lowest BCUT2D eigenvalue weighted by Gasteiger charge is -2.03. The molecule has 0 heterocycles. The first-order chi connectivity index (χ1) is 5.24. The van der Waals surface area contributed by atoms with Crippen LogP contribution in [0.15, 0.2) is 0 Å². The highest BCUT2D eigenvalue weighted by Gasteiger charge is 2.29. The number of hydrogen-bond acceptors (Lipinski definition) is 2. The quantitative estimate of drug-likeness (QED) is 0.580. The third-order valence-corrected chi connectivity index (χ3v) is 2.21. The maximum atomic E-state index is 11.1. The van der Waals surface area contributed by atoms with Crippen molar-refractivity contribution in [2.24, 2.45) is 5.92 Å². The zero-order valence-corrected chi connectivity index (χ0v) is 6.93. The molecule has 62 valence electrons. The highest BCUT2D eigenvalue weighted by molar-refractivity contribution is 6.06. The van der Waals surface area contributed by atoms with E-state index >= 15 is 0 Å². The molecule has 1 atom stereocenters. The summed E-state index contributed by atoms with van der Waals surface area (Å²) in [5.74, 6) is 0.377. The summed E-state index contributed by atoms with van der Waals surface area (Å²) in [6.45, 7) is 2.10. The van der Waals surface area contributed by atoms with Gasteiger partial charge < -0.3 is 0 Å². The Morgan fingerprint density at radius 2 is 2.18 bits per heavy atom. The summed E-state index contributed by atoms with van der Waals surface area (Å²) in [5, 5.41) is 0. The molecular weight excluding hydrogens is 140 g/mol. The Kier molecular flexibility index (Phi) is 2.80. The lowest BCUT2D eigenvalue weighted by molar-refractivity contribution is -0.122. The zero-order valence-electron chi connectivity index (χ0n) is 6.93. The minimum atomic E-state index is 0.0717. The van der Waals surface area contributed by atoms with Crippen LogP contribution in [0.3, 0.4) is 0 Å². The average Bonchev–Trinajstić information content (AvgIpc) is 2.26. The molecule has 11 heavy (non-hydrogen) atoms. The topological polar surface area (TPSA) is 34.1 Å². The van der Waals surface area contributed by atoms with Crippen LogP contribution in [-0.4, -0.2) is 11.6 Å². The van der Waals surface area contributed by atoms with E-state index in [-0.39, 0.29) is 23.9 Å². The Morgan fingerprint density at radius 3 is 2.64 bits per heavy atom. The Balaban J connectivity index is 2.34. The van der Waals surface area contributed by atoms with Gasteiger partial charge in [0, 0.05) is 12.3 Å². The highest BCUT2D eigenvalue weighted by atomic mass is 16.2. The molecule has 1 saturated carbocycles. The largest absolute Gasteiger partial charge is 0.299 e. The number of rotatable bonds is 3. The SMILES string of the molecule is CCCCC1CC(=O)CC1=O. The molecule has 1 rings (SSSR count). The van der Waals surface area contributed by atoms with E-state index in [0.29, 0.717) is 6.42 Å². The molecule has 0 aliphatic heterocycles. The second-order valence-electron chi connectivity index (χ2n) is 3.23. The van der Waals surface area contributed by atoms with Gasteiger partial charge in [0.2, 0.25) is 0 Å². The minimum Gasteiger partial charge on any atom is -0.299 e. The molecule has 1 aliphatic carbocycles. The van der Waals surface area contributed by atoms with Crippen LogP contribution in [0.25, 0.3) is 0 Å². The molecule has 1 aliphatic rings. The van der Waals surface area contributed by atoms with E-state index in [1.807, 2.05) is 0 Å². The monoisotopic (exact) mass is 154 g/mol. The molecule has 2 nitrogen and oxygen atoms in total. The van der Waals surface area contributed by atoms with Crippen molar-refractivity contribution in [3.63, 3.8) is 0 Å². The number of carbonyl (C=O) groups is 2. The Morgan fingerprint density at radius 1 is 1.45 bits per heavy atom. The standard InChI is InChI=1S/C9H14O2/c1-2-3-4-7-5-8(10)6-9(7)11/h7H,2-6H2,1H3. The summed E-state index contributed by atoms with van der Waals surface area (Å²) in [7, 11) is 0. The Bertz CT molecular complexity index is 172. The van der Waals surface area contributed by atoms with Crippen LogP contribution in [0, 0.1) is 5.92 Å². The molecule has 0 aromatic heterocycles. The molecular formula is C9H14O2. The van der Waals surface area contributed by atoms with Crippen LogP contribution in [-0.2, 0) is 9.59 Å². The number of hydrogen-bond donors (Lipinski definition) is 0. The van der Waals surface area contributed by atoms with Gasteiger partial charge in [-0.1, -0.05) is 19.8 Å². The maximum absolute atomic E-state index is 11.1. The second-order valence-corrected chi connectivity index (χ2v) is 3.23. The van der Waals surface area contributed by atoms with E-state index in [1.54, 1.807) is 0 Å². The van der Waals surface area contributed by atoms with Crippen LogP contribution in [0.2, 0.25) is 0 Å². The van der Waals surface area contributed by atoms with Crippen molar-refractivity contribution in [3.8, 4) is 0 Å². The van der Waals surface area contributed by atoms with E-state index in [0.717, 1.165) is 19.3 Å². The predicted octanol–water partition coefficient (Wildman–Crippen LogP) is 1.72. The molecule has 2 heteroatoms. The van der Waals surface area contributed by atoms with Crippen LogP contribution in [0.1, 0.15) is 39.0 Å². The van der Waals surface area contributed by atoms with Crippen molar-refractivity contribution in [1.29, 1.82) is 0 Å².